The van der Waals surface area contributed by atoms with E-state index in [4.69, 9.17) is 16.6 Å². The number of carbonyl (C=O) groups is 4. The molecule has 0 saturated heterocycles. The Hall–Kier alpha value is -5.30. The number of hydrogen-bond donors (Lipinski definition) is 7. The zero-order chi connectivity index (χ0) is 45.1. The highest BCUT2D eigenvalue weighted by atomic mass is 35.5. The number of amides is 4. The van der Waals surface area contributed by atoms with Crippen LogP contribution < -0.4 is 26.0 Å². The molecule has 1 aliphatic heterocycles. The number of nitrogens with one attached hydrogen (secondary N) is 6. The molecule has 6 rings (SSSR count). The lowest BCUT2D eigenvalue weighted by atomic mass is 9.98. The molecule has 5 aromatic rings. The van der Waals surface area contributed by atoms with Gasteiger partial charge in [0.1, 0.15) is 17.1 Å². The second-order valence-electron chi connectivity index (χ2n) is 15.4. The predicted octanol–water partition coefficient (Wildman–Crippen LogP) is 4.66. The van der Waals surface area contributed by atoms with Crippen molar-refractivity contribution >= 4 is 67.9 Å². The third-order valence-corrected chi connectivity index (χ3v) is 14.1. The summed E-state index contributed by atoms with van der Waals surface area (Å²) in [7, 11) is -0.686. The Morgan fingerprint density at radius 1 is 0.952 bits per heavy atom. The van der Waals surface area contributed by atoms with Gasteiger partial charge in [-0.2, -0.15) is 0 Å². The predicted molar refractivity (Wildman–Crippen MR) is 243 cm³/mol. The van der Waals surface area contributed by atoms with Gasteiger partial charge in [0.25, 0.3) is 10.0 Å². The monoisotopic (exact) mass is 916 g/mol. The van der Waals surface area contributed by atoms with Crippen LogP contribution in [0.15, 0.2) is 100 Å². The van der Waals surface area contributed by atoms with Gasteiger partial charge in [-0.25, -0.2) is 18.1 Å². The summed E-state index contributed by atoms with van der Waals surface area (Å²) in [5.74, 6) is -2.01. The minimum atomic E-state index is -4.11. The Balaban J connectivity index is 1.48. The van der Waals surface area contributed by atoms with E-state index in [2.05, 4.69) is 26.3 Å². The standard InChI is InChI=1S/C45H53ClN8O7S2/c1-28(56)53-63(60,61)32-17-15-29(16-18-32)33-19-20-36(46)41-35(33)27-51-43(58)40(24-31-26-49-37-12-5-4-11-34(31)37)54(3)45(59)39(13-6-7-21-47-2)52-42(57)38(14-9-23-55)50-25-30-10-8-22-48-44(30)62-41/h4-5,8,10-12,15-20,22,26,38-40,47,49-50,55H,6-7,9,13-14,21,23-25,27H2,1-3H3,(H,51,58)(H,52,57)(H,53,56)/t38-,39-,40-/m0/s1. The number of aliphatic hydroxyl groups excluding tert-OH is 1. The number of carbonyl (C=O) groups excluding carboxylic acids is 4. The maximum atomic E-state index is 14.8. The summed E-state index contributed by atoms with van der Waals surface area (Å²) >= 11 is 8.30. The van der Waals surface area contributed by atoms with Crippen molar-refractivity contribution in [3.8, 4) is 11.1 Å². The van der Waals surface area contributed by atoms with E-state index >= 15 is 0 Å². The van der Waals surface area contributed by atoms with E-state index in [-0.39, 0.29) is 37.4 Å². The molecule has 3 heterocycles. The Morgan fingerprint density at radius 2 is 1.71 bits per heavy atom. The molecule has 1 aliphatic rings. The number of hydrogen-bond acceptors (Lipinski definition) is 11. The molecule has 0 spiro atoms. The number of fused-ring (bicyclic) bond motifs is 3. The zero-order valence-electron chi connectivity index (χ0n) is 35.4. The number of H-pyrrole nitrogens is 1. The molecule has 0 radical (unpaired) electrons. The van der Waals surface area contributed by atoms with E-state index in [0.29, 0.717) is 50.9 Å². The number of benzene rings is 3. The summed E-state index contributed by atoms with van der Waals surface area (Å²) in [6.45, 7) is 1.86. The summed E-state index contributed by atoms with van der Waals surface area (Å²) in [5, 5.41) is 24.2. The summed E-state index contributed by atoms with van der Waals surface area (Å²) in [6, 6.07) is 18.1. The van der Waals surface area contributed by atoms with Gasteiger partial charge in [0.2, 0.25) is 23.6 Å². The highest BCUT2D eigenvalue weighted by Gasteiger charge is 2.34. The normalized spacial score (nSPS) is 18.0. The van der Waals surface area contributed by atoms with Crippen molar-refractivity contribution in [2.75, 3.05) is 27.2 Å². The molecule has 0 aliphatic carbocycles. The van der Waals surface area contributed by atoms with Crippen LogP contribution in [0.1, 0.15) is 55.7 Å². The zero-order valence-corrected chi connectivity index (χ0v) is 37.8. The van der Waals surface area contributed by atoms with Crippen LogP contribution in [-0.4, -0.2) is 97.4 Å². The number of aliphatic hydroxyl groups is 1. The van der Waals surface area contributed by atoms with Crippen molar-refractivity contribution in [1.82, 2.24) is 40.9 Å². The number of pyridine rings is 1. The summed E-state index contributed by atoms with van der Waals surface area (Å²) in [4.78, 5) is 65.2. The van der Waals surface area contributed by atoms with Gasteiger partial charge in [0.05, 0.1) is 16.0 Å². The molecule has 18 heteroatoms. The van der Waals surface area contributed by atoms with Gasteiger partial charge in [-0.1, -0.05) is 65.8 Å². The first-order valence-corrected chi connectivity index (χ1v) is 23.4. The number of likely N-dealkylation sites (N-methyl/N-ethyl adjacent to an activating group) is 1. The molecule has 0 bridgehead atoms. The van der Waals surface area contributed by atoms with Gasteiger partial charge >= 0.3 is 0 Å². The lowest BCUT2D eigenvalue weighted by molar-refractivity contribution is -0.142. The molecule has 4 amide bonds. The highest BCUT2D eigenvalue weighted by Crippen LogP contribution is 2.41. The Kier molecular flexibility index (Phi) is 16.4. The molecule has 15 nitrogen and oxygen atoms in total. The van der Waals surface area contributed by atoms with Crippen molar-refractivity contribution in [1.29, 1.82) is 0 Å². The molecule has 7 N–H and O–H groups in total. The van der Waals surface area contributed by atoms with Crippen LogP contribution in [0.2, 0.25) is 5.02 Å². The Bertz CT molecular complexity index is 2540. The van der Waals surface area contributed by atoms with E-state index in [1.54, 1.807) is 43.6 Å². The molecular weight excluding hydrogens is 864 g/mol. The largest absolute Gasteiger partial charge is 0.396 e. The van der Waals surface area contributed by atoms with Crippen LogP contribution in [0.5, 0.6) is 0 Å². The first kappa shape index (κ1) is 47.2. The Labute approximate surface area is 376 Å². The maximum Gasteiger partial charge on any atom is 0.264 e. The van der Waals surface area contributed by atoms with E-state index in [0.717, 1.165) is 41.9 Å². The van der Waals surface area contributed by atoms with Crippen LogP contribution >= 0.6 is 23.4 Å². The summed E-state index contributed by atoms with van der Waals surface area (Å²) in [6.07, 6.45) is 5.94. The van der Waals surface area contributed by atoms with Crippen molar-refractivity contribution < 1.29 is 32.7 Å². The second-order valence-corrected chi connectivity index (χ2v) is 18.5. The number of para-hydroxylation sites is 1. The highest BCUT2D eigenvalue weighted by molar-refractivity contribution is 7.99. The Morgan fingerprint density at radius 3 is 2.46 bits per heavy atom. The maximum absolute atomic E-state index is 14.8. The van der Waals surface area contributed by atoms with Crippen molar-refractivity contribution in [2.24, 2.45) is 0 Å². The SMILES string of the molecule is CNCCCC[C@@H]1NC(=O)[C@H](CCCO)NCc2cccnc2Sc2c(Cl)ccc(-c3ccc(S(=O)(=O)NC(C)=O)cc3)c2CNC(=O)[C@H](Cc2c[nH]c3ccccc23)N(C)C1=O. The van der Waals surface area contributed by atoms with Gasteiger partial charge in [0.15, 0.2) is 0 Å². The van der Waals surface area contributed by atoms with Crippen molar-refractivity contribution in [3.05, 3.63) is 107 Å². The smallest absolute Gasteiger partial charge is 0.264 e. The van der Waals surface area contributed by atoms with Gasteiger partial charge in [0, 0.05) is 68.3 Å². The summed E-state index contributed by atoms with van der Waals surface area (Å²) in [5.41, 5.74) is 4.28. The number of unbranched alkanes of at least 4 members (excludes halogenated alkanes) is 1. The summed E-state index contributed by atoms with van der Waals surface area (Å²) < 4.78 is 27.6. The number of nitrogens with zero attached hydrogens (tertiary/aromatic N) is 2. The minimum Gasteiger partial charge on any atom is -0.396 e. The molecular formula is C45H53ClN8O7S2. The van der Waals surface area contributed by atoms with Crippen molar-refractivity contribution in [2.45, 2.75) is 91.5 Å². The first-order valence-electron chi connectivity index (χ1n) is 20.8. The number of aromatic nitrogens is 2. The lowest BCUT2D eigenvalue weighted by Gasteiger charge is -2.32. The average Bonchev–Trinajstić information content (AvgIpc) is 3.68. The van der Waals surface area contributed by atoms with Gasteiger partial charge < -0.3 is 36.3 Å². The van der Waals surface area contributed by atoms with Crippen molar-refractivity contribution in [3.63, 3.8) is 0 Å². The van der Waals surface area contributed by atoms with E-state index in [1.807, 2.05) is 48.3 Å². The molecule has 3 aromatic carbocycles. The van der Waals surface area contributed by atoms with E-state index in [9.17, 15) is 32.7 Å². The van der Waals surface area contributed by atoms with Gasteiger partial charge in [-0.15, -0.1) is 0 Å². The second kappa shape index (κ2) is 21.9. The average molecular weight is 918 g/mol. The van der Waals surface area contributed by atoms with E-state index in [1.165, 1.54) is 28.8 Å². The minimum absolute atomic E-state index is 0.0523. The molecule has 3 atom stereocenters. The first-order chi connectivity index (χ1) is 30.3. The molecule has 0 fully saturated rings. The molecule has 334 valence electrons. The quantitative estimate of drug-likeness (QED) is 0.0807. The lowest BCUT2D eigenvalue weighted by Crippen LogP contribution is -2.57. The molecule has 2 aromatic heterocycles. The molecule has 0 unspecified atom stereocenters. The van der Waals surface area contributed by atoms with Crippen LogP contribution in [-0.2, 0) is 48.7 Å². The molecule has 0 saturated carbocycles. The van der Waals surface area contributed by atoms with Gasteiger partial charge in [-0.3, -0.25) is 19.2 Å². The topological polar surface area (TPSA) is 215 Å². The number of aromatic amines is 1. The molecule has 63 heavy (non-hydrogen) atoms. The van der Waals surface area contributed by atoms with Crippen LogP contribution in [0.25, 0.3) is 22.0 Å². The van der Waals surface area contributed by atoms with Crippen LogP contribution in [0, 0.1) is 0 Å². The van der Waals surface area contributed by atoms with Gasteiger partial charge in [-0.05, 0) is 104 Å². The van der Waals surface area contributed by atoms with Crippen LogP contribution in [0.3, 0.4) is 0 Å². The van der Waals surface area contributed by atoms with E-state index < -0.39 is 51.8 Å². The number of sulfonamides is 1. The third kappa shape index (κ3) is 11.8. The number of halogens is 1. The fourth-order valence-electron chi connectivity index (χ4n) is 7.61. The number of rotatable bonds is 13. The fraction of sp³-hybridized carbons (Fsp3) is 0.356. The third-order valence-electron chi connectivity index (χ3n) is 11.0. The fourth-order valence-corrected chi connectivity index (χ4v) is 9.94. The van der Waals surface area contributed by atoms with Crippen LogP contribution in [0.4, 0.5) is 0 Å².